The Morgan fingerprint density at radius 1 is 1.50 bits per heavy atom. The van der Waals surface area contributed by atoms with Gasteiger partial charge < -0.3 is 4.74 Å². The molecule has 1 aromatic rings. The molecule has 0 spiro atoms. The number of thioether (sulfide) groups is 1. The standard InChI is InChI=1S/C8H10N2O4S2/c1-14-7(11)5-4-9-8(15-2)10-6(5)16(3,12)13/h4H,1-3H3. The van der Waals surface area contributed by atoms with Crippen LogP contribution < -0.4 is 0 Å². The summed E-state index contributed by atoms with van der Waals surface area (Å²) in [5.41, 5.74) is -0.150. The average molecular weight is 262 g/mol. The minimum atomic E-state index is -3.59. The molecule has 0 aromatic carbocycles. The van der Waals surface area contributed by atoms with Crippen LogP contribution in [0.15, 0.2) is 16.4 Å². The van der Waals surface area contributed by atoms with Gasteiger partial charge in [0.05, 0.1) is 7.11 Å². The lowest BCUT2D eigenvalue weighted by Crippen LogP contribution is -2.13. The summed E-state index contributed by atoms with van der Waals surface area (Å²) in [4.78, 5) is 18.9. The van der Waals surface area contributed by atoms with Crippen molar-refractivity contribution in [1.82, 2.24) is 9.97 Å². The number of ether oxygens (including phenoxy) is 1. The second-order valence-corrected chi connectivity index (χ2v) is 5.54. The van der Waals surface area contributed by atoms with E-state index in [1.165, 1.54) is 11.8 Å². The molecule has 1 aromatic heterocycles. The highest BCUT2D eigenvalue weighted by atomic mass is 32.2. The molecule has 0 fully saturated rings. The van der Waals surface area contributed by atoms with Crippen molar-refractivity contribution >= 4 is 27.6 Å². The minimum Gasteiger partial charge on any atom is -0.465 e. The Kier molecular flexibility index (Phi) is 3.87. The van der Waals surface area contributed by atoms with Gasteiger partial charge in [0, 0.05) is 12.5 Å². The van der Waals surface area contributed by atoms with Crippen molar-refractivity contribution in [3.8, 4) is 0 Å². The van der Waals surface area contributed by atoms with E-state index in [0.29, 0.717) is 0 Å². The van der Waals surface area contributed by atoms with E-state index in [2.05, 4.69) is 14.7 Å². The number of methoxy groups -OCH3 is 1. The Labute approximate surface area is 97.4 Å². The summed E-state index contributed by atoms with van der Waals surface area (Å²) in [6.07, 6.45) is 3.84. The van der Waals surface area contributed by atoms with Gasteiger partial charge in [0.15, 0.2) is 20.0 Å². The molecule has 0 amide bonds. The maximum Gasteiger partial charge on any atom is 0.342 e. The van der Waals surface area contributed by atoms with Crippen LogP contribution in [0.3, 0.4) is 0 Å². The van der Waals surface area contributed by atoms with E-state index in [4.69, 9.17) is 0 Å². The quantitative estimate of drug-likeness (QED) is 0.337. The molecule has 1 heterocycles. The van der Waals surface area contributed by atoms with Crippen molar-refractivity contribution in [3.63, 3.8) is 0 Å². The lowest BCUT2D eigenvalue weighted by molar-refractivity contribution is 0.0594. The van der Waals surface area contributed by atoms with Crippen LogP contribution in [0.4, 0.5) is 0 Å². The predicted molar refractivity (Wildman–Crippen MR) is 58.3 cm³/mol. The molecule has 6 nitrogen and oxygen atoms in total. The van der Waals surface area contributed by atoms with Crippen molar-refractivity contribution in [2.45, 2.75) is 10.2 Å². The number of esters is 1. The number of carbonyl (C=O) groups is 1. The topological polar surface area (TPSA) is 86.2 Å². The number of carbonyl (C=O) groups excluding carboxylic acids is 1. The van der Waals surface area contributed by atoms with Crippen LogP contribution in [0.1, 0.15) is 10.4 Å². The molecule has 88 valence electrons. The average Bonchev–Trinajstić information content (AvgIpc) is 2.26. The van der Waals surface area contributed by atoms with E-state index in [9.17, 15) is 13.2 Å². The molecule has 16 heavy (non-hydrogen) atoms. The molecule has 0 saturated carbocycles. The maximum atomic E-state index is 11.4. The largest absolute Gasteiger partial charge is 0.465 e. The summed E-state index contributed by atoms with van der Waals surface area (Å²) in [5, 5.41) is -0.0215. The number of sulfone groups is 1. The van der Waals surface area contributed by atoms with Gasteiger partial charge in [0.2, 0.25) is 0 Å². The fourth-order valence-corrected chi connectivity index (χ4v) is 2.17. The van der Waals surface area contributed by atoms with Gasteiger partial charge in [-0.15, -0.1) is 0 Å². The summed E-state index contributed by atoms with van der Waals surface area (Å²) in [6, 6.07) is 0. The summed E-state index contributed by atoms with van der Waals surface area (Å²) in [7, 11) is -2.42. The van der Waals surface area contributed by atoms with Crippen molar-refractivity contribution in [2.24, 2.45) is 0 Å². The van der Waals surface area contributed by atoms with Crippen LogP contribution in [-0.2, 0) is 14.6 Å². The molecule has 1 rings (SSSR count). The van der Waals surface area contributed by atoms with E-state index in [0.717, 1.165) is 19.6 Å². The first-order chi connectivity index (χ1) is 7.40. The Hall–Kier alpha value is -1.15. The fraction of sp³-hybridized carbons (Fsp3) is 0.375. The molecule has 8 heteroatoms. The molecule has 0 unspecified atom stereocenters. The number of rotatable bonds is 3. The van der Waals surface area contributed by atoms with Gasteiger partial charge >= 0.3 is 5.97 Å². The molecule has 0 saturated heterocycles. The number of hydrogen-bond acceptors (Lipinski definition) is 7. The molecule has 0 bridgehead atoms. The Morgan fingerprint density at radius 3 is 2.56 bits per heavy atom. The van der Waals surface area contributed by atoms with Crippen LogP contribution in [0.25, 0.3) is 0 Å². The zero-order chi connectivity index (χ0) is 12.3. The van der Waals surface area contributed by atoms with Crippen LogP contribution >= 0.6 is 11.8 Å². The third-order valence-corrected chi connectivity index (χ3v) is 3.25. The summed E-state index contributed by atoms with van der Waals surface area (Å²) in [5.74, 6) is -0.770. The summed E-state index contributed by atoms with van der Waals surface area (Å²) in [6.45, 7) is 0. The summed E-state index contributed by atoms with van der Waals surface area (Å²) < 4.78 is 27.3. The zero-order valence-electron chi connectivity index (χ0n) is 8.92. The first-order valence-electron chi connectivity index (χ1n) is 4.09. The van der Waals surface area contributed by atoms with E-state index in [1.54, 1.807) is 6.26 Å². The zero-order valence-corrected chi connectivity index (χ0v) is 10.6. The highest BCUT2D eigenvalue weighted by Crippen LogP contribution is 2.17. The highest BCUT2D eigenvalue weighted by Gasteiger charge is 2.22. The molecule has 0 aliphatic rings. The van der Waals surface area contributed by atoms with E-state index < -0.39 is 15.8 Å². The fourth-order valence-electron chi connectivity index (χ4n) is 0.982. The van der Waals surface area contributed by atoms with Crippen LogP contribution in [0.2, 0.25) is 0 Å². The molecular weight excluding hydrogens is 252 g/mol. The Bertz CT molecular complexity index is 513. The van der Waals surface area contributed by atoms with Gasteiger partial charge in [-0.25, -0.2) is 23.2 Å². The van der Waals surface area contributed by atoms with Gasteiger partial charge in [-0.2, -0.15) is 0 Å². The molecule has 0 radical (unpaired) electrons. The van der Waals surface area contributed by atoms with Crippen molar-refractivity contribution in [1.29, 1.82) is 0 Å². The van der Waals surface area contributed by atoms with E-state index in [1.807, 2.05) is 0 Å². The van der Waals surface area contributed by atoms with Crippen LogP contribution in [0.5, 0.6) is 0 Å². The Morgan fingerprint density at radius 2 is 2.12 bits per heavy atom. The minimum absolute atomic E-state index is 0.150. The van der Waals surface area contributed by atoms with Crippen molar-refractivity contribution < 1.29 is 17.9 Å². The molecule has 0 aliphatic carbocycles. The normalized spacial score (nSPS) is 11.2. The third kappa shape index (κ3) is 2.70. The molecule has 0 atom stereocenters. The molecule has 0 N–H and O–H groups in total. The monoisotopic (exact) mass is 262 g/mol. The second kappa shape index (κ2) is 4.79. The molecular formula is C8H10N2O4S2. The second-order valence-electron chi connectivity index (χ2n) is 2.84. The third-order valence-electron chi connectivity index (χ3n) is 1.67. The predicted octanol–water partition coefficient (Wildman–Crippen LogP) is 0.389. The van der Waals surface area contributed by atoms with E-state index in [-0.39, 0.29) is 15.7 Å². The van der Waals surface area contributed by atoms with Crippen LogP contribution in [-0.4, -0.2) is 44.0 Å². The summed E-state index contributed by atoms with van der Waals surface area (Å²) >= 11 is 1.19. The lowest BCUT2D eigenvalue weighted by atomic mass is 10.3. The highest BCUT2D eigenvalue weighted by molar-refractivity contribution is 7.98. The first-order valence-corrected chi connectivity index (χ1v) is 7.21. The number of hydrogen-bond donors (Lipinski definition) is 0. The van der Waals surface area contributed by atoms with Crippen molar-refractivity contribution in [2.75, 3.05) is 19.6 Å². The lowest BCUT2D eigenvalue weighted by Gasteiger charge is -2.05. The Balaban J connectivity index is 3.45. The SMILES string of the molecule is COC(=O)c1cnc(SC)nc1S(C)(=O)=O. The van der Waals surface area contributed by atoms with Crippen LogP contribution in [0, 0.1) is 0 Å². The van der Waals surface area contributed by atoms with Gasteiger partial charge in [-0.1, -0.05) is 11.8 Å². The van der Waals surface area contributed by atoms with E-state index >= 15 is 0 Å². The van der Waals surface area contributed by atoms with Gasteiger partial charge in [0.25, 0.3) is 0 Å². The van der Waals surface area contributed by atoms with Crippen molar-refractivity contribution in [3.05, 3.63) is 11.8 Å². The van der Waals surface area contributed by atoms with Gasteiger partial charge in [-0.3, -0.25) is 0 Å². The van der Waals surface area contributed by atoms with Gasteiger partial charge in [-0.05, 0) is 6.26 Å². The van der Waals surface area contributed by atoms with Gasteiger partial charge in [0.1, 0.15) is 5.56 Å². The smallest absolute Gasteiger partial charge is 0.342 e. The number of nitrogens with zero attached hydrogens (tertiary/aromatic N) is 2. The number of aromatic nitrogens is 2. The molecule has 0 aliphatic heterocycles. The first kappa shape index (κ1) is 12.9. The maximum absolute atomic E-state index is 11.4.